The van der Waals surface area contributed by atoms with Gasteiger partial charge in [-0.3, -0.25) is 4.79 Å². The van der Waals surface area contributed by atoms with Gasteiger partial charge in [-0.15, -0.1) is 0 Å². The summed E-state index contributed by atoms with van der Waals surface area (Å²) in [6.07, 6.45) is -2.24. The SMILES string of the molecule is COc1ccc(CN2C(=O)[C@@H](NC(=O)OCc3ccccc3)[C@H]2CNC[C@H](O)CNC(=O)OC(C)(C)C)c(OC)c1. The van der Waals surface area contributed by atoms with Gasteiger partial charge in [-0.2, -0.15) is 0 Å². The molecule has 1 fully saturated rings. The molecular formula is C29H40N4O8. The number of alkyl carbamates (subject to hydrolysis) is 2. The van der Waals surface area contributed by atoms with Crippen molar-refractivity contribution in [2.45, 2.75) is 57.7 Å². The molecule has 1 aliphatic rings. The molecule has 0 aromatic heterocycles. The number of carbonyl (C=O) groups is 3. The molecule has 224 valence electrons. The minimum absolute atomic E-state index is 0.0221. The van der Waals surface area contributed by atoms with E-state index >= 15 is 0 Å². The molecule has 0 radical (unpaired) electrons. The summed E-state index contributed by atoms with van der Waals surface area (Å²) in [4.78, 5) is 39.1. The number of methoxy groups -OCH3 is 2. The molecule has 12 nitrogen and oxygen atoms in total. The Morgan fingerprint density at radius 3 is 2.41 bits per heavy atom. The highest BCUT2D eigenvalue weighted by atomic mass is 16.6. The quantitative estimate of drug-likeness (QED) is 0.265. The standard InChI is InChI=1S/C29H40N4O8/c1-29(2,3)41-27(36)31-15-21(34)14-30-16-23-25(32-28(37)40-18-19-9-7-6-8-10-19)26(35)33(23)17-20-11-12-22(38-4)13-24(20)39-5/h6-13,21,23,25,30,34H,14-18H2,1-5H3,(H,31,36)(H,32,37)/t21-,23+,25-/m0/s1. The first kappa shape index (κ1) is 31.5. The first-order valence-electron chi connectivity index (χ1n) is 13.3. The molecule has 2 aromatic carbocycles. The molecule has 0 unspecified atom stereocenters. The summed E-state index contributed by atoms with van der Waals surface area (Å²) in [5.74, 6) is 0.901. The van der Waals surface area contributed by atoms with E-state index in [1.807, 2.05) is 36.4 Å². The molecule has 0 bridgehead atoms. The summed E-state index contributed by atoms with van der Waals surface area (Å²) in [6, 6.07) is 13.3. The van der Waals surface area contributed by atoms with Crippen LogP contribution in [0.25, 0.3) is 0 Å². The third-order valence-electron chi connectivity index (χ3n) is 6.27. The number of aliphatic hydroxyl groups is 1. The number of hydrogen-bond acceptors (Lipinski definition) is 9. The van der Waals surface area contributed by atoms with Crippen molar-refractivity contribution in [3.8, 4) is 11.5 Å². The van der Waals surface area contributed by atoms with Crippen LogP contribution in [-0.4, -0.2) is 85.7 Å². The van der Waals surface area contributed by atoms with Crippen LogP contribution in [-0.2, 0) is 27.4 Å². The van der Waals surface area contributed by atoms with Crippen molar-refractivity contribution in [1.29, 1.82) is 0 Å². The summed E-state index contributed by atoms with van der Waals surface area (Å²) >= 11 is 0. The topological polar surface area (TPSA) is 148 Å². The van der Waals surface area contributed by atoms with Crippen LogP contribution in [0.4, 0.5) is 9.59 Å². The molecule has 3 atom stereocenters. The number of hydrogen-bond donors (Lipinski definition) is 4. The Balaban J connectivity index is 1.61. The molecule has 1 saturated heterocycles. The zero-order valence-electron chi connectivity index (χ0n) is 24.1. The summed E-state index contributed by atoms with van der Waals surface area (Å²) in [7, 11) is 3.09. The average Bonchev–Trinajstić information content (AvgIpc) is 2.95. The van der Waals surface area contributed by atoms with E-state index in [1.165, 1.54) is 7.11 Å². The lowest BCUT2D eigenvalue weighted by molar-refractivity contribution is -0.151. The van der Waals surface area contributed by atoms with Gasteiger partial charge in [-0.25, -0.2) is 9.59 Å². The van der Waals surface area contributed by atoms with E-state index in [-0.39, 0.29) is 38.7 Å². The third kappa shape index (κ3) is 9.54. The number of likely N-dealkylation sites (tertiary alicyclic amines) is 1. The lowest BCUT2D eigenvalue weighted by Crippen LogP contribution is -2.72. The second-order valence-corrected chi connectivity index (χ2v) is 10.6. The highest BCUT2D eigenvalue weighted by Gasteiger charge is 2.48. The molecule has 1 heterocycles. The molecule has 0 saturated carbocycles. The fraction of sp³-hybridized carbons (Fsp3) is 0.483. The number of aliphatic hydroxyl groups excluding tert-OH is 1. The molecule has 0 aliphatic carbocycles. The van der Waals surface area contributed by atoms with E-state index in [4.69, 9.17) is 18.9 Å². The number of ether oxygens (including phenoxy) is 4. The lowest BCUT2D eigenvalue weighted by Gasteiger charge is -2.47. The lowest BCUT2D eigenvalue weighted by atomic mass is 9.93. The van der Waals surface area contributed by atoms with E-state index in [0.717, 1.165) is 11.1 Å². The van der Waals surface area contributed by atoms with Crippen molar-refractivity contribution >= 4 is 18.1 Å². The van der Waals surface area contributed by atoms with Gasteiger partial charge < -0.3 is 44.9 Å². The summed E-state index contributed by atoms with van der Waals surface area (Å²) in [6.45, 7) is 5.92. The molecule has 3 rings (SSSR count). The smallest absolute Gasteiger partial charge is 0.408 e. The van der Waals surface area contributed by atoms with Gasteiger partial charge in [0.05, 0.1) is 26.4 Å². The van der Waals surface area contributed by atoms with Gasteiger partial charge in [0.25, 0.3) is 0 Å². The van der Waals surface area contributed by atoms with Gasteiger partial charge in [-0.05, 0) is 38.5 Å². The largest absolute Gasteiger partial charge is 0.497 e. The molecule has 1 aliphatic heterocycles. The predicted octanol–water partition coefficient (Wildman–Crippen LogP) is 2.18. The van der Waals surface area contributed by atoms with E-state index in [2.05, 4.69) is 16.0 Å². The van der Waals surface area contributed by atoms with Gasteiger partial charge in [0.2, 0.25) is 5.91 Å². The first-order valence-corrected chi connectivity index (χ1v) is 13.3. The van der Waals surface area contributed by atoms with Crippen molar-refractivity contribution in [2.75, 3.05) is 33.9 Å². The fourth-order valence-electron chi connectivity index (χ4n) is 4.23. The highest BCUT2D eigenvalue weighted by molar-refractivity contribution is 5.92. The average molecular weight is 573 g/mol. The maximum absolute atomic E-state index is 13.1. The Labute approximate surface area is 240 Å². The number of carbonyl (C=O) groups excluding carboxylic acids is 3. The number of benzene rings is 2. The van der Waals surface area contributed by atoms with Crippen LogP contribution in [0, 0.1) is 0 Å². The van der Waals surface area contributed by atoms with Crippen LogP contribution >= 0.6 is 0 Å². The Morgan fingerprint density at radius 2 is 1.76 bits per heavy atom. The van der Waals surface area contributed by atoms with Crippen LogP contribution in [0.15, 0.2) is 48.5 Å². The van der Waals surface area contributed by atoms with Gasteiger partial charge in [0.15, 0.2) is 0 Å². The van der Waals surface area contributed by atoms with Crippen molar-refractivity contribution < 1.29 is 38.4 Å². The number of nitrogens with zero attached hydrogens (tertiary/aromatic N) is 1. The minimum Gasteiger partial charge on any atom is -0.497 e. The van der Waals surface area contributed by atoms with Gasteiger partial charge in [-0.1, -0.05) is 30.3 Å². The molecule has 0 spiro atoms. The number of rotatable bonds is 13. The summed E-state index contributed by atoms with van der Waals surface area (Å²) in [5, 5.41) is 18.6. The Hall–Kier alpha value is -4.03. The fourth-order valence-corrected chi connectivity index (χ4v) is 4.23. The number of amides is 3. The summed E-state index contributed by atoms with van der Waals surface area (Å²) < 4.78 is 21.2. The Kier molecular flexibility index (Phi) is 11.2. The second kappa shape index (κ2) is 14.6. The van der Waals surface area contributed by atoms with E-state index < -0.39 is 36.0 Å². The molecule has 12 heteroatoms. The Bertz CT molecular complexity index is 1170. The van der Waals surface area contributed by atoms with Crippen LogP contribution in [0.5, 0.6) is 11.5 Å². The van der Waals surface area contributed by atoms with E-state index in [1.54, 1.807) is 44.9 Å². The normalized spacial score (nSPS) is 17.2. The highest BCUT2D eigenvalue weighted by Crippen LogP contribution is 2.30. The summed E-state index contributed by atoms with van der Waals surface area (Å²) in [5.41, 5.74) is 0.936. The van der Waals surface area contributed by atoms with Crippen molar-refractivity contribution in [3.05, 3.63) is 59.7 Å². The van der Waals surface area contributed by atoms with Crippen LogP contribution in [0.2, 0.25) is 0 Å². The van der Waals surface area contributed by atoms with E-state index in [9.17, 15) is 19.5 Å². The van der Waals surface area contributed by atoms with E-state index in [0.29, 0.717) is 11.5 Å². The van der Waals surface area contributed by atoms with Crippen molar-refractivity contribution in [3.63, 3.8) is 0 Å². The number of β-lactam (4-membered cyclic amide) rings is 1. The predicted molar refractivity (Wildman–Crippen MR) is 151 cm³/mol. The zero-order valence-corrected chi connectivity index (χ0v) is 24.1. The third-order valence-corrected chi connectivity index (χ3v) is 6.27. The zero-order chi connectivity index (χ0) is 30.0. The van der Waals surface area contributed by atoms with Crippen molar-refractivity contribution in [2.24, 2.45) is 0 Å². The van der Waals surface area contributed by atoms with Gasteiger partial charge in [0.1, 0.15) is 29.7 Å². The maximum Gasteiger partial charge on any atom is 0.408 e. The molecule has 2 aromatic rings. The van der Waals surface area contributed by atoms with Crippen LogP contribution in [0.3, 0.4) is 0 Å². The monoisotopic (exact) mass is 572 g/mol. The number of nitrogens with one attached hydrogen (secondary N) is 3. The molecule has 4 N–H and O–H groups in total. The minimum atomic E-state index is -0.907. The Morgan fingerprint density at radius 1 is 1.02 bits per heavy atom. The van der Waals surface area contributed by atoms with Gasteiger partial charge in [0, 0.05) is 37.8 Å². The molecule has 3 amide bonds. The maximum atomic E-state index is 13.1. The first-order chi connectivity index (χ1) is 19.5. The van der Waals surface area contributed by atoms with Gasteiger partial charge >= 0.3 is 12.2 Å². The van der Waals surface area contributed by atoms with Crippen molar-refractivity contribution in [1.82, 2.24) is 20.9 Å². The molecule has 41 heavy (non-hydrogen) atoms. The second-order valence-electron chi connectivity index (χ2n) is 10.6. The molecular weight excluding hydrogens is 532 g/mol. The van der Waals surface area contributed by atoms with Crippen LogP contribution < -0.4 is 25.4 Å². The van der Waals surface area contributed by atoms with Crippen LogP contribution in [0.1, 0.15) is 31.9 Å².